The molecular weight excluding hydrogens is 304 g/mol. The Morgan fingerprint density at radius 3 is 1.57 bits per heavy atom. The van der Waals surface area contributed by atoms with Crippen LogP contribution in [0.2, 0.25) is 32.7 Å². The molecule has 0 atom stereocenters. The van der Waals surface area contributed by atoms with Crippen LogP contribution >= 0.6 is 0 Å². The van der Waals surface area contributed by atoms with Gasteiger partial charge in [-0.3, -0.25) is 0 Å². The van der Waals surface area contributed by atoms with E-state index in [1.54, 1.807) is 14.2 Å². The highest BCUT2D eigenvalue weighted by Crippen LogP contribution is 2.14. The van der Waals surface area contributed by atoms with Gasteiger partial charge in [-0.2, -0.15) is 0 Å². The van der Waals surface area contributed by atoms with Crippen molar-refractivity contribution in [3.63, 3.8) is 0 Å². The summed E-state index contributed by atoms with van der Waals surface area (Å²) in [5, 5.41) is 0. The predicted octanol–water partition coefficient (Wildman–Crippen LogP) is 2.91. The molecule has 130 valence electrons. The third-order valence-corrected chi connectivity index (χ3v) is 7.66. The number of hydrogen-bond donors (Lipinski definition) is 0. The van der Waals surface area contributed by atoms with Gasteiger partial charge in [0.05, 0.1) is 32.7 Å². The molecule has 0 rings (SSSR count). The fourth-order valence-corrected chi connectivity index (χ4v) is 9.11. The molecule has 0 unspecified atom stereocenters. The third-order valence-electron chi connectivity index (χ3n) is 2.10. The van der Waals surface area contributed by atoms with E-state index >= 15 is 0 Å². The van der Waals surface area contributed by atoms with Crippen molar-refractivity contribution < 1.29 is 23.1 Å². The van der Waals surface area contributed by atoms with Crippen molar-refractivity contribution in [2.45, 2.75) is 39.7 Å². The van der Waals surface area contributed by atoms with Gasteiger partial charge in [0, 0.05) is 20.8 Å². The molecule has 0 radical (unpaired) electrons. The van der Waals surface area contributed by atoms with E-state index in [9.17, 15) is 0 Å². The van der Waals surface area contributed by atoms with Crippen LogP contribution in [0.15, 0.2) is 0 Å². The van der Waals surface area contributed by atoms with Crippen molar-refractivity contribution in [1.82, 2.24) is 0 Å². The molecule has 21 heavy (non-hydrogen) atoms. The molecule has 0 aromatic carbocycles. The van der Waals surface area contributed by atoms with Crippen molar-refractivity contribution in [2.24, 2.45) is 0 Å². The second-order valence-corrected chi connectivity index (χ2v) is 15.1. The van der Waals surface area contributed by atoms with Gasteiger partial charge < -0.3 is 23.1 Å². The van der Waals surface area contributed by atoms with Gasteiger partial charge >= 0.3 is 0 Å². The van der Waals surface area contributed by atoms with Gasteiger partial charge in [0.2, 0.25) is 0 Å². The van der Waals surface area contributed by atoms with E-state index in [2.05, 4.69) is 32.7 Å². The van der Waals surface area contributed by atoms with Gasteiger partial charge in [-0.05, 0) is 39.7 Å². The number of hydrogen-bond acceptors (Lipinski definition) is 5. The van der Waals surface area contributed by atoms with E-state index in [1.807, 2.05) is 6.92 Å². The van der Waals surface area contributed by atoms with Crippen LogP contribution in [0.5, 0.6) is 0 Å². The normalized spacial score (nSPS) is 12.0. The summed E-state index contributed by atoms with van der Waals surface area (Å²) in [6, 6.07) is 0. The molecule has 0 spiro atoms. The smallest absolute Gasteiger partial charge is 0.199 e. The quantitative estimate of drug-likeness (QED) is 0.427. The van der Waals surface area contributed by atoms with Crippen molar-refractivity contribution in [2.75, 3.05) is 53.5 Å². The Morgan fingerprint density at radius 2 is 1.19 bits per heavy atom. The third kappa shape index (κ3) is 22.7. The number of ether oxygens (including phenoxy) is 4. The average Bonchev–Trinajstić information content (AvgIpc) is 2.33. The number of rotatable bonds is 11. The Hall–Kier alpha value is 0.234. The van der Waals surface area contributed by atoms with Crippen LogP contribution in [0, 0.1) is 0 Å². The van der Waals surface area contributed by atoms with Crippen LogP contribution in [-0.2, 0) is 23.1 Å². The predicted molar refractivity (Wildman–Crippen MR) is 93.0 cm³/mol. The highest BCUT2D eigenvalue weighted by Gasteiger charge is 2.29. The minimum Gasteiger partial charge on any atom is -0.454 e. The van der Waals surface area contributed by atoms with Gasteiger partial charge in [-0.25, -0.2) is 0 Å². The minimum absolute atomic E-state index is 0.664. The maximum absolute atomic E-state index is 6.12. The Bertz CT molecular complexity index is 216. The van der Waals surface area contributed by atoms with E-state index in [-0.39, 0.29) is 0 Å². The van der Waals surface area contributed by atoms with Gasteiger partial charge in [0.1, 0.15) is 0 Å². The number of methoxy groups -OCH3 is 2. The van der Waals surface area contributed by atoms with Crippen LogP contribution in [0.1, 0.15) is 6.92 Å². The first kappa shape index (κ1) is 23.5. The summed E-state index contributed by atoms with van der Waals surface area (Å²) in [5.41, 5.74) is 0. The van der Waals surface area contributed by atoms with Crippen LogP contribution in [-0.4, -0.2) is 70.1 Å². The standard InChI is InChI=1S/C9H24O3Si2.C5H12O2/c1-10-7-8-11-9-14(5,6)12-13(2,3)4;1-3-7-5-4-6-2/h7-9H2,1-6H3;3-5H2,1-2H3. The van der Waals surface area contributed by atoms with E-state index in [0.717, 1.165) is 12.8 Å². The molecule has 0 saturated carbocycles. The molecule has 0 aliphatic carbocycles. The zero-order chi connectivity index (χ0) is 16.8. The van der Waals surface area contributed by atoms with E-state index in [4.69, 9.17) is 23.1 Å². The molecule has 0 heterocycles. The van der Waals surface area contributed by atoms with Crippen LogP contribution in [0.4, 0.5) is 0 Å². The molecule has 0 fully saturated rings. The first-order valence-corrected chi connectivity index (χ1v) is 14.0. The summed E-state index contributed by atoms with van der Waals surface area (Å²) < 4.78 is 26.2. The molecule has 7 heteroatoms. The highest BCUT2D eigenvalue weighted by molar-refractivity contribution is 6.84. The van der Waals surface area contributed by atoms with E-state index in [1.165, 1.54) is 0 Å². The Kier molecular flexibility index (Phi) is 15.5. The molecule has 5 nitrogen and oxygen atoms in total. The summed E-state index contributed by atoms with van der Waals surface area (Å²) >= 11 is 0. The fourth-order valence-electron chi connectivity index (χ4n) is 1.61. The summed E-state index contributed by atoms with van der Waals surface area (Å²) in [4.78, 5) is 0. The molecule has 0 aliphatic rings. The Balaban J connectivity index is 0. The van der Waals surface area contributed by atoms with Gasteiger partial charge in [0.15, 0.2) is 16.6 Å². The topological polar surface area (TPSA) is 46.2 Å². The Labute approximate surface area is 133 Å². The van der Waals surface area contributed by atoms with Gasteiger partial charge in [0.25, 0.3) is 0 Å². The zero-order valence-electron chi connectivity index (χ0n) is 15.3. The average molecular weight is 341 g/mol. The lowest BCUT2D eigenvalue weighted by atomic mass is 10.7. The molecule has 0 amide bonds. The Morgan fingerprint density at radius 1 is 0.714 bits per heavy atom. The lowest BCUT2D eigenvalue weighted by molar-refractivity contribution is 0.0777. The van der Waals surface area contributed by atoms with Crippen molar-refractivity contribution >= 4 is 16.6 Å². The molecule has 0 saturated heterocycles. The lowest BCUT2D eigenvalue weighted by Crippen LogP contribution is -2.46. The van der Waals surface area contributed by atoms with E-state index < -0.39 is 16.6 Å². The summed E-state index contributed by atoms with van der Waals surface area (Å²) in [6.45, 7) is 16.6. The van der Waals surface area contributed by atoms with E-state index in [0.29, 0.717) is 26.4 Å². The molecule has 0 aromatic rings. The summed E-state index contributed by atoms with van der Waals surface area (Å²) in [5.74, 6) is 0. The molecule has 0 N–H and O–H groups in total. The fraction of sp³-hybridized carbons (Fsp3) is 1.00. The minimum atomic E-state index is -1.60. The monoisotopic (exact) mass is 340 g/mol. The zero-order valence-corrected chi connectivity index (χ0v) is 17.3. The van der Waals surface area contributed by atoms with Crippen LogP contribution in [0.25, 0.3) is 0 Å². The van der Waals surface area contributed by atoms with Crippen LogP contribution < -0.4 is 0 Å². The second kappa shape index (κ2) is 13.9. The first-order chi connectivity index (χ1) is 9.68. The maximum Gasteiger partial charge on any atom is 0.199 e. The second-order valence-electron chi connectivity index (χ2n) is 6.21. The maximum atomic E-state index is 6.12. The molecule has 0 aromatic heterocycles. The SMILES string of the molecule is CCOCCOC.COCCOC[Si](C)(C)O[Si](C)(C)C. The van der Waals surface area contributed by atoms with Crippen molar-refractivity contribution in [1.29, 1.82) is 0 Å². The molecule has 0 bridgehead atoms. The van der Waals surface area contributed by atoms with Crippen LogP contribution in [0.3, 0.4) is 0 Å². The molecule has 0 aliphatic heterocycles. The summed E-state index contributed by atoms with van der Waals surface area (Å²) in [6.07, 6.45) is 0.765. The van der Waals surface area contributed by atoms with Gasteiger partial charge in [-0.15, -0.1) is 0 Å². The summed E-state index contributed by atoms with van der Waals surface area (Å²) in [7, 11) is 0.335. The largest absolute Gasteiger partial charge is 0.454 e. The highest BCUT2D eigenvalue weighted by atomic mass is 28.4. The van der Waals surface area contributed by atoms with Gasteiger partial charge in [-0.1, -0.05) is 0 Å². The lowest BCUT2D eigenvalue weighted by Gasteiger charge is -2.31. The first-order valence-electron chi connectivity index (χ1n) is 7.52. The van der Waals surface area contributed by atoms with Crippen molar-refractivity contribution in [3.8, 4) is 0 Å². The molecular formula is C14H36O5Si2. The van der Waals surface area contributed by atoms with Crippen molar-refractivity contribution in [3.05, 3.63) is 0 Å².